The third-order valence-corrected chi connectivity index (χ3v) is 2.82. The van der Waals surface area contributed by atoms with E-state index in [-0.39, 0.29) is 31.6 Å². The standard InChI is InChI=1S/C6H11NO3.C5H9F2NO/c1-9-6(8)5-4-10-3-2-7-5;6-5(7)1-4(2-9)8-3-5/h5,7H,2-4H2,1H3;4,8-9H,1-3H2/t5-;4-/m00/s1. The van der Waals surface area contributed by atoms with Crippen LogP contribution in [0.15, 0.2) is 0 Å². The summed E-state index contributed by atoms with van der Waals surface area (Å²) in [5, 5.41) is 13.9. The van der Waals surface area contributed by atoms with E-state index in [9.17, 15) is 13.6 Å². The van der Waals surface area contributed by atoms with Crippen LogP contribution in [0.3, 0.4) is 0 Å². The molecule has 0 aromatic carbocycles. The molecule has 6 nitrogen and oxygen atoms in total. The average molecular weight is 282 g/mol. The zero-order chi connectivity index (χ0) is 14.3. The lowest BCUT2D eigenvalue weighted by molar-refractivity contribution is -0.146. The number of morpholine rings is 1. The molecule has 2 saturated heterocycles. The average Bonchev–Trinajstić information content (AvgIpc) is 2.79. The first-order chi connectivity index (χ1) is 8.98. The van der Waals surface area contributed by atoms with Crippen molar-refractivity contribution in [2.45, 2.75) is 24.4 Å². The molecule has 2 aliphatic heterocycles. The molecule has 0 radical (unpaired) electrons. The number of aliphatic hydroxyl groups is 1. The maximum absolute atomic E-state index is 12.2. The van der Waals surface area contributed by atoms with Crippen molar-refractivity contribution in [1.29, 1.82) is 0 Å². The van der Waals surface area contributed by atoms with Crippen LogP contribution < -0.4 is 10.6 Å². The maximum atomic E-state index is 12.2. The van der Waals surface area contributed by atoms with Crippen molar-refractivity contribution >= 4 is 5.97 Å². The molecule has 2 atom stereocenters. The van der Waals surface area contributed by atoms with E-state index >= 15 is 0 Å². The molecule has 112 valence electrons. The lowest BCUT2D eigenvalue weighted by atomic mass is 10.2. The third kappa shape index (κ3) is 5.77. The number of ether oxygens (including phenoxy) is 2. The summed E-state index contributed by atoms with van der Waals surface area (Å²) in [4.78, 5) is 10.8. The number of methoxy groups -OCH3 is 1. The first kappa shape index (κ1) is 16.2. The van der Waals surface area contributed by atoms with Crippen LogP contribution in [0.2, 0.25) is 0 Å². The topological polar surface area (TPSA) is 79.8 Å². The molecule has 0 aromatic rings. The van der Waals surface area contributed by atoms with Gasteiger partial charge in [-0.1, -0.05) is 0 Å². The van der Waals surface area contributed by atoms with Gasteiger partial charge in [-0.05, 0) is 0 Å². The van der Waals surface area contributed by atoms with Crippen LogP contribution >= 0.6 is 0 Å². The summed E-state index contributed by atoms with van der Waals surface area (Å²) in [6.45, 7) is 1.33. The molecule has 3 N–H and O–H groups in total. The van der Waals surface area contributed by atoms with Gasteiger partial charge in [-0.25, -0.2) is 8.78 Å². The molecule has 2 heterocycles. The van der Waals surface area contributed by atoms with E-state index in [1.54, 1.807) is 0 Å². The Balaban J connectivity index is 0.000000191. The molecule has 0 aliphatic carbocycles. The number of alkyl halides is 2. The predicted molar refractivity (Wildman–Crippen MR) is 63.1 cm³/mol. The van der Waals surface area contributed by atoms with Gasteiger partial charge in [-0.2, -0.15) is 0 Å². The van der Waals surface area contributed by atoms with Gasteiger partial charge >= 0.3 is 5.97 Å². The van der Waals surface area contributed by atoms with Crippen molar-refractivity contribution in [1.82, 2.24) is 10.6 Å². The van der Waals surface area contributed by atoms with Gasteiger partial charge in [0.1, 0.15) is 6.04 Å². The number of carbonyl (C=O) groups excluding carboxylic acids is 1. The molecule has 2 aliphatic rings. The number of carbonyl (C=O) groups is 1. The highest BCUT2D eigenvalue weighted by molar-refractivity contribution is 5.75. The predicted octanol–water partition coefficient (Wildman–Crippen LogP) is -0.876. The number of hydrogen-bond donors (Lipinski definition) is 3. The van der Waals surface area contributed by atoms with Crippen molar-refractivity contribution < 1.29 is 28.2 Å². The Kier molecular flexibility index (Phi) is 6.56. The molecule has 0 spiro atoms. The van der Waals surface area contributed by atoms with Gasteiger partial charge in [-0.3, -0.25) is 4.79 Å². The fraction of sp³-hybridized carbons (Fsp3) is 0.909. The van der Waals surface area contributed by atoms with E-state index in [0.717, 1.165) is 6.54 Å². The van der Waals surface area contributed by atoms with Crippen LogP contribution in [0.1, 0.15) is 6.42 Å². The number of aliphatic hydroxyl groups excluding tert-OH is 1. The number of halogens is 2. The van der Waals surface area contributed by atoms with Crippen molar-refractivity contribution in [3.63, 3.8) is 0 Å². The highest BCUT2D eigenvalue weighted by Gasteiger charge is 2.38. The molecule has 0 bridgehead atoms. The maximum Gasteiger partial charge on any atom is 0.325 e. The number of esters is 1. The minimum Gasteiger partial charge on any atom is -0.468 e. The van der Waals surface area contributed by atoms with Crippen LogP contribution in [0.25, 0.3) is 0 Å². The van der Waals surface area contributed by atoms with Crippen LogP contribution in [-0.2, 0) is 14.3 Å². The van der Waals surface area contributed by atoms with Gasteiger partial charge in [0, 0.05) is 19.0 Å². The first-order valence-corrected chi connectivity index (χ1v) is 6.09. The molecule has 2 fully saturated rings. The van der Waals surface area contributed by atoms with Gasteiger partial charge in [0.25, 0.3) is 5.92 Å². The lowest BCUT2D eigenvalue weighted by Gasteiger charge is -2.20. The molecule has 0 amide bonds. The molecule has 8 heteroatoms. The monoisotopic (exact) mass is 282 g/mol. The quantitative estimate of drug-likeness (QED) is 0.571. The third-order valence-electron chi connectivity index (χ3n) is 2.82. The molecular weight excluding hydrogens is 262 g/mol. The molecule has 0 aromatic heterocycles. The van der Waals surface area contributed by atoms with E-state index in [1.807, 2.05) is 0 Å². The molecular formula is C11H20F2N2O4. The Labute approximate surface area is 110 Å². The Morgan fingerprint density at radius 3 is 2.63 bits per heavy atom. The van der Waals surface area contributed by atoms with Crippen molar-refractivity contribution in [2.75, 3.05) is 40.0 Å². The number of hydrogen-bond acceptors (Lipinski definition) is 6. The normalized spacial score (nSPS) is 29.3. The van der Waals surface area contributed by atoms with E-state index in [1.165, 1.54) is 7.11 Å². The van der Waals surface area contributed by atoms with Crippen molar-refractivity contribution in [3.8, 4) is 0 Å². The smallest absolute Gasteiger partial charge is 0.325 e. The highest BCUT2D eigenvalue weighted by atomic mass is 19.3. The fourth-order valence-corrected chi connectivity index (χ4v) is 1.79. The molecule has 0 saturated carbocycles. The highest BCUT2D eigenvalue weighted by Crippen LogP contribution is 2.24. The summed E-state index contributed by atoms with van der Waals surface area (Å²) >= 11 is 0. The van der Waals surface area contributed by atoms with Gasteiger partial charge in [0.15, 0.2) is 0 Å². The van der Waals surface area contributed by atoms with E-state index in [4.69, 9.17) is 9.84 Å². The van der Waals surface area contributed by atoms with Crippen LogP contribution in [0.4, 0.5) is 8.78 Å². The molecule has 19 heavy (non-hydrogen) atoms. The van der Waals surface area contributed by atoms with Crippen LogP contribution in [0.5, 0.6) is 0 Å². The van der Waals surface area contributed by atoms with E-state index < -0.39 is 12.0 Å². The molecule has 2 rings (SSSR count). The number of nitrogens with one attached hydrogen (secondary N) is 2. The Bertz CT molecular complexity index is 286. The second kappa shape index (κ2) is 7.68. The van der Waals surface area contributed by atoms with E-state index in [0.29, 0.717) is 13.2 Å². The summed E-state index contributed by atoms with van der Waals surface area (Å²) in [7, 11) is 1.37. The summed E-state index contributed by atoms with van der Waals surface area (Å²) in [6.07, 6.45) is -0.233. The van der Waals surface area contributed by atoms with Crippen LogP contribution in [-0.4, -0.2) is 69.1 Å². The molecule has 0 unspecified atom stereocenters. The summed E-state index contributed by atoms with van der Waals surface area (Å²) < 4.78 is 34.0. The summed E-state index contributed by atoms with van der Waals surface area (Å²) in [5.74, 6) is -2.85. The zero-order valence-electron chi connectivity index (χ0n) is 10.8. The minimum absolute atomic E-state index is 0.199. The Hall–Kier alpha value is -0.830. The van der Waals surface area contributed by atoms with Crippen molar-refractivity contribution in [2.24, 2.45) is 0 Å². The Morgan fingerprint density at radius 1 is 1.53 bits per heavy atom. The Morgan fingerprint density at radius 2 is 2.26 bits per heavy atom. The second-order valence-electron chi connectivity index (χ2n) is 4.43. The summed E-state index contributed by atoms with van der Waals surface area (Å²) in [5.41, 5.74) is 0. The largest absolute Gasteiger partial charge is 0.468 e. The zero-order valence-corrected chi connectivity index (χ0v) is 10.8. The van der Waals surface area contributed by atoms with Gasteiger partial charge in [0.05, 0.1) is 33.5 Å². The second-order valence-corrected chi connectivity index (χ2v) is 4.43. The fourth-order valence-electron chi connectivity index (χ4n) is 1.79. The minimum atomic E-state index is -2.60. The number of rotatable bonds is 2. The SMILES string of the molecule is COC(=O)[C@@H]1COCCN1.OC[C@@H]1CC(F)(F)CN1. The summed E-state index contributed by atoms with van der Waals surface area (Å²) in [6, 6.07) is -0.668. The van der Waals surface area contributed by atoms with Crippen molar-refractivity contribution in [3.05, 3.63) is 0 Å². The van der Waals surface area contributed by atoms with E-state index in [2.05, 4.69) is 15.4 Å². The first-order valence-electron chi connectivity index (χ1n) is 6.09. The van der Waals surface area contributed by atoms with Gasteiger partial charge < -0.3 is 25.2 Å². The van der Waals surface area contributed by atoms with Crippen LogP contribution in [0, 0.1) is 0 Å². The van der Waals surface area contributed by atoms with Gasteiger partial charge in [0.2, 0.25) is 0 Å². The lowest BCUT2D eigenvalue weighted by Crippen LogP contribution is -2.46. The van der Waals surface area contributed by atoms with Gasteiger partial charge in [-0.15, -0.1) is 0 Å².